The van der Waals surface area contributed by atoms with Gasteiger partial charge in [0.1, 0.15) is 23.1 Å². The van der Waals surface area contributed by atoms with Crippen LogP contribution in [0.5, 0.6) is 11.5 Å². The van der Waals surface area contributed by atoms with Crippen LogP contribution in [0, 0.1) is 0 Å². The van der Waals surface area contributed by atoms with Crippen LogP contribution in [-0.4, -0.2) is 58.9 Å². The van der Waals surface area contributed by atoms with Gasteiger partial charge >= 0.3 is 0 Å². The highest BCUT2D eigenvalue weighted by Gasteiger charge is 2.28. The summed E-state index contributed by atoms with van der Waals surface area (Å²) < 4.78 is 13.0. The van der Waals surface area contributed by atoms with Gasteiger partial charge in [0, 0.05) is 32.1 Å². The third-order valence-corrected chi connectivity index (χ3v) is 5.29. The van der Waals surface area contributed by atoms with Crippen molar-refractivity contribution < 1.29 is 14.3 Å². The average Bonchev–Trinajstić information content (AvgIpc) is 3.16. The topological polar surface area (TPSA) is 81.5 Å². The Labute approximate surface area is 158 Å². The first kappa shape index (κ1) is 17.8. The molecule has 0 bridgehead atoms. The van der Waals surface area contributed by atoms with Crippen LogP contribution in [0.2, 0.25) is 0 Å². The van der Waals surface area contributed by atoms with Crippen LogP contribution >= 0.6 is 0 Å². The number of fused-ring (bicyclic) bond motifs is 1. The van der Waals surface area contributed by atoms with Gasteiger partial charge in [-0.3, -0.25) is 4.79 Å². The number of piperidine rings is 1. The van der Waals surface area contributed by atoms with E-state index in [1.54, 1.807) is 7.11 Å². The van der Waals surface area contributed by atoms with Crippen molar-refractivity contribution in [1.82, 2.24) is 25.0 Å². The summed E-state index contributed by atoms with van der Waals surface area (Å²) in [6, 6.07) is 7.25. The van der Waals surface area contributed by atoms with Gasteiger partial charge in [0.2, 0.25) is 0 Å². The zero-order valence-electron chi connectivity index (χ0n) is 15.6. The van der Waals surface area contributed by atoms with Crippen molar-refractivity contribution in [2.24, 2.45) is 0 Å². The molecule has 2 aliphatic rings. The lowest BCUT2D eigenvalue weighted by Gasteiger charge is -2.32. The standard InChI is InChI=1S/C19H25N5O3/c1-26-15-2-4-16(5-3-15)27-13-18(25)23-9-6-14(7-10-23)19-22-21-17-12-20-8-11-24(17)19/h2-5,14,20H,6-13H2,1H3. The number of nitrogens with one attached hydrogen (secondary N) is 1. The van der Waals surface area contributed by atoms with Gasteiger partial charge in [-0.25, -0.2) is 0 Å². The number of likely N-dealkylation sites (tertiary alicyclic amines) is 1. The molecule has 8 nitrogen and oxygen atoms in total. The SMILES string of the molecule is COc1ccc(OCC(=O)N2CCC(c3nnc4n3CCNC4)CC2)cc1. The lowest BCUT2D eigenvalue weighted by atomic mass is 9.95. The summed E-state index contributed by atoms with van der Waals surface area (Å²) in [6.45, 7) is 4.19. The molecule has 1 fully saturated rings. The number of nitrogens with zero attached hydrogens (tertiary/aromatic N) is 4. The molecule has 1 amide bonds. The van der Waals surface area contributed by atoms with Crippen molar-refractivity contribution in [3.63, 3.8) is 0 Å². The van der Waals surface area contributed by atoms with Gasteiger partial charge in [-0.05, 0) is 37.1 Å². The molecular formula is C19H25N5O3. The maximum atomic E-state index is 12.5. The molecule has 3 heterocycles. The first-order chi connectivity index (χ1) is 13.2. The van der Waals surface area contributed by atoms with Crippen molar-refractivity contribution >= 4 is 5.91 Å². The number of amides is 1. The van der Waals surface area contributed by atoms with Crippen molar-refractivity contribution in [3.05, 3.63) is 35.9 Å². The Kier molecular flexibility index (Phi) is 5.24. The largest absolute Gasteiger partial charge is 0.497 e. The molecule has 0 radical (unpaired) electrons. The fourth-order valence-electron chi connectivity index (χ4n) is 3.71. The molecule has 2 aromatic rings. The monoisotopic (exact) mass is 371 g/mol. The van der Waals surface area contributed by atoms with Crippen LogP contribution in [0.15, 0.2) is 24.3 Å². The number of carbonyl (C=O) groups is 1. The van der Waals surface area contributed by atoms with Gasteiger partial charge in [-0.1, -0.05) is 0 Å². The quantitative estimate of drug-likeness (QED) is 0.850. The molecule has 1 aromatic carbocycles. The molecule has 8 heteroatoms. The zero-order chi connectivity index (χ0) is 18.6. The number of hydrogen-bond donors (Lipinski definition) is 1. The van der Waals surface area contributed by atoms with Gasteiger partial charge in [-0.2, -0.15) is 0 Å². The number of hydrogen-bond acceptors (Lipinski definition) is 6. The second-order valence-corrected chi connectivity index (χ2v) is 6.92. The van der Waals surface area contributed by atoms with E-state index in [1.807, 2.05) is 29.2 Å². The van der Waals surface area contributed by atoms with E-state index in [4.69, 9.17) is 9.47 Å². The lowest BCUT2D eigenvalue weighted by molar-refractivity contribution is -0.134. The normalized spacial score (nSPS) is 17.4. The molecule has 1 N–H and O–H groups in total. The first-order valence-electron chi connectivity index (χ1n) is 9.42. The van der Waals surface area contributed by atoms with Crippen molar-refractivity contribution in [2.45, 2.75) is 31.8 Å². The van der Waals surface area contributed by atoms with Crippen LogP contribution in [0.25, 0.3) is 0 Å². The third kappa shape index (κ3) is 3.90. The minimum Gasteiger partial charge on any atom is -0.497 e. The first-order valence-corrected chi connectivity index (χ1v) is 9.42. The van der Waals surface area contributed by atoms with Gasteiger partial charge in [0.05, 0.1) is 13.7 Å². The fourth-order valence-corrected chi connectivity index (χ4v) is 3.71. The summed E-state index contributed by atoms with van der Waals surface area (Å²) in [5.41, 5.74) is 0. The molecule has 0 unspecified atom stereocenters. The lowest BCUT2D eigenvalue weighted by Crippen LogP contribution is -2.41. The third-order valence-electron chi connectivity index (χ3n) is 5.29. The predicted octanol–water partition coefficient (Wildman–Crippen LogP) is 1.17. The Hall–Kier alpha value is -2.61. The maximum Gasteiger partial charge on any atom is 0.260 e. The van der Waals surface area contributed by atoms with Gasteiger partial charge in [0.15, 0.2) is 6.61 Å². The van der Waals surface area contributed by atoms with Gasteiger partial charge in [0.25, 0.3) is 5.91 Å². The molecule has 2 aliphatic heterocycles. The summed E-state index contributed by atoms with van der Waals surface area (Å²) in [5, 5.41) is 12.0. The Morgan fingerprint density at radius 1 is 1.15 bits per heavy atom. The highest BCUT2D eigenvalue weighted by molar-refractivity contribution is 5.77. The van der Waals surface area contributed by atoms with E-state index < -0.39 is 0 Å². The molecule has 27 heavy (non-hydrogen) atoms. The van der Waals surface area contributed by atoms with Crippen molar-refractivity contribution in [2.75, 3.05) is 33.4 Å². The van der Waals surface area contributed by atoms with Crippen molar-refractivity contribution in [1.29, 1.82) is 0 Å². The number of aromatic nitrogens is 3. The number of benzene rings is 1. The molecule has 1 saturated heterocycles. The molecule has 0 atom stereocenters. The van der Waals surface area contributed by atoms with E-state index in [0.717, 1.165) is 63.0 Å². The Morgan fingerprint density at radius 2 is 1.89 bits per heavy atom. The summed E-state index contributed by atoms with van der Waals surface area (Å²) >= 11 is 0. The molecule has 144 valence electrons. The smallest absolute Gasteiger partial charge is 0.260 e. The number of carbonyl (C=O) groups excluding carboxylic acids is 1. The number of methoxy groups -OCH3 is 1. The molecule has 0 saturated carbocycles. The highest BCUT2D eigenvalue weighted by atomic mass is 16.5. The Morgan fingerprint density at radius 3 is 2.63 bits per heavy atom. The van der Waals surface area contributed by atoms with Gasteiger partial charge < -0.3 is 24.3 Å². The minimum absolute atomic E-state index is 0.0248. The maximum absolute atomic E-state index is 12.5. The second kappa shape index (κ2) is 7.96. The number of rotatable bonds is 5. The van der Waals surface area contributed by atoms with Crippen LogP contribution in [0.3, 0.4) is 0 Å². The molecule has 4 rings (SSSR count). The predicted molar refractivity (Wildman–Crippen MR) is 98.8 cm³/mol. The second-order valence-electron chi connectivity index (χ2n) is 6.92. The van der Waals surface area contributed by atoms with Crippen LogP contribution in [-0.2, 0) is 17.9 Å². The Balaban J connectivity index is 1.28. The number of ether oxygens (including phenoxy) is 2. The summed E-state index contributed by atoms with van der Waals surface area (Å²) in [7, 11) is 1.62. The molecule has 0 aliphatic carbocycles. The molecular weight excluding hydrogens is 346 g/mol. The minimum atomic E-state index is 0.0248. The molecule has 1 aromatic heterocycles. The van der Waals surface area contributed by atoms with E-state index >= 15 is 0 Å². The summed E-state index contributed by atoms with van der Waals surface area (Å²) in [6.07, 6.45) is 1.83. The van der Waals surface area contributed by atoms with E-state index in [9.17, 15) is 4.79 Å². The molecule has 0 spiro atoms. The van der Waals surface area contributed by atoms with E-state index in [1.165, 1.54) is 0 Å². The van der Waals surface area contributed by atoms with Gasteiger partial charge in [-0.15, -0.1) is 10.2 Å². The Bertz CT molecular complexity index is 781. The van der Waals surface area contributed by atoms with E-state index in [2.05, 4.69) is 20.1 Å². The van der Waals surface area contributed by atoms with Crippen LogP contribution in [0.4, 0.5) is 0 Å². The van der Waals surface area contributed by atoms with E-state index in [0.29, 0.717) is 11.7 Å². The summed E-state index contributed by atoms with van der Waals surface area (Å²) in [5.74, 6) is 3.92. The van der Waals surface area contributed by atoms with E-state index in [-0.39, 0.29) is 12.5 Å². The van der Waals surface area contributed by atoms with Crippen LogP contribution in [0.1, 0.15) is 30.4 Å². The summed E-state index contributed by atoms with van der Waals surface area (Å²) in [4.78, 5) is 14.3. The van der Waals surface area contributed by atoms with Crippen molar-refractivity contribution in [3.8, 4) is 11.5 Å². The van der Waals surface area contributed by atoms with Crippen LogP contribution < -0.4 is 14.8 Å². The highest BCUT2D eigenvalue weighted by Crippen LogP contribution is 2.28. The fraction of sp³-hybridized carbons (Fsp3) is 0.526. The average molecular weight is 371 g/mol. The zero-order valence-corrected chi connectivity index (χ0v) is 15.6.